The largest absolute Gasteiger partial charge is 0.524 e. The maximum absolute atomic E-state index is 10.3. The second-order valence-corrected chi connectivity index (χ2v) is 5.78. The molecule has 4 nitrogen and oxygen atoms in total. The van der Waals surface area contributed by atoms with Gasteiger partial charge in [0, 0.05) is 0 Å². The standard InChI is InChI=1S/C13H27O4P/c1-2-3-4-5-6-7-8-9-10-11-12-13-17-18(14,15)16/h12-13H,2-11H2,1H3,(H2,14,15,16). The van der Waals surface area contributed by atoms with E-state index in [2.05, 4.69) is 11.4 Å². The zero-order valence-corrected chi connectivity index (χ0v) is 12.3. The molecule has 0 aromatic heterocycles. The van der Waals surface area contributed by atoms with Crippen LogP contribution >= 0.6 is 7.82 Å². The van der Waals surface area contributed by atoms with E-state index in [4.69, 9.17) is 9.79 Å². The quantitative estimate of drug-likeness (QED) is 0.312. The number of unbranched alkanes of at least 4 members (excludes halogenated alkanes) is 9. The molecule has 0 radical (unpaired) electrons. The fourth-order valence-electron chi connectivity index (χ4n) is 1.76. The molecule has 0 bridgehead atoms. The van der Waals surface area contributed by atoms with E-state index in [1.54, 1.807) is 6.08 Å². The summed E-state index contributed by atoms with van der Waals surface area (Å²) < 4.78 is 14.5. The SMILES string of the molecule is CCCCCCCCCCCC=COP(=O)(O)O. The van der Waals surface area contributed by atoms with Gasteiger partial charge in [0.1, 0.15) is 0 Å². The molecule has 0 amide bonds. The Hall–Kier alpha value is -0.310. The molecule has 108 valence electrons. The number of hydrogen-bond donors (Lipinski definition) is 2. The first-order chi connectivity index (χ1) is 8.56. The molecule has 0 spiro atoms. The van der Waals surface area contributed by atoms with Gasteiger partial charge in [-0.15, -0.1) is 0 Å². The number of rotatable bonds is 12. The third-order valence-corrected chi connectivity index (χ3v) is 3.17. The van der Waals surface area contributed by atoms with Crippen LogP contribution in [0.25, 0.3) is 0 Å². The van der Waals surface area contributed by atoms with Crippen LogP contribution in [-0.2, 0) is 9.09 Å². The topological polar surface area (TPSA) is 66.8 Å². The second-order valence-electron chi connectivity index (χ2n) is 4.58. The third-order valence-electron chi connectivity index (χ3n) is 2.77. The molecule has 0 rings (SSSR count). The van der Waals surface area contributed by atoms with Gasteiger partial charge < -0.3 is 4.52 Å². The Morgan fingerprint density at radius 2 is 1.44 bits per heavy atom. The molecule has 18 heavy (non-hydrogen) atoms. The Labute approximate surface area is 111 Å². The zero-order valence-electron chi connectivity index (χ0n) is 11.4. The van der Waals surface area contributed by atoms with Gasteiger partial charge in [0.15, 0.2) is 0 Å². The van der Waals surface area contributed by atoms with E-state index in [-0.39, 0.29) is 0 Å². The van der Waals surface area contributed by atoms with Crippen LogP contribution in [0.15, 0.2) is 12.3 Å². The summed E-state index contributed by atoms with van der Waals surface area (Å²) in [6.45, 7) is 2.23. The lowest BCUT2D eigenvalue weighted by Crippen LogP contribution is -1.81. The molecule has 0 saturated carbocycles. The van der Waals surface area contributed by atoms with Gasteiger partial charge >= 0.3 is 7.82 Å². The van der Waals surface area contributed by atoms with Crippen molar-refractivity contribution < 1.29 is 18.9 Å². The van der Waals surface area contributed by atoms with Gasteiger partial charge in [-0.2, -0.15) is 0 Å². The first-order valence-corrected chi connectivity index (χ1v) is 8.48. The molecule has 0 aliphatic rings. The lowest BCUT2D eigenvalue weighted by molar-refractivity contribution is 0.258. The van der Waals surface area contributed by atoms with Crippen LogP contribution in [0.1, 0.15) is 71.1 Å². The minimum Gasteiger partial charge on any atom is -0.413 e. The van der Waals surface area contributed by atoms with Crippen molar-refractivity contribution >= 4 is 7.82 Å². The number of hydrogen-bond acceptors (Lipinski definition) is 2. The Morgan fingerprint density at radius 1 is 0.944 bits per heavy atom. The highest BCUT2D eigenvalue weighted by Crippen LogP contribution is 2.35. The summed E-state index contributed by atoms with van der Waals surface area (Å²) in [5.74, 6) is 0. The Balaban J connectivity index is 3.14. The fraction of sp³-hybridized carbons (Fsp3) is 0.846. The van der Waals surface area contributed by atoms with E-state index in [0.717, 1.165) is 19.1 Å². The predicted molar refractivity (Wildman–Crippen MR) is 74.1 cm³/mol. The Bertz CT molecular complexity index is 247. The lowest BCUT2D eigenvalue weighted by atomic mass is 10.1. The van der Waals surface area contributed by atoms with Crippen molar-refractivity contribution in [1.29, 1.82) is 0 Å². The number of phosphoric acid groups is 1. The molecule has 5 heteroatoms. The van der Waals surface area contributed by atoms with Crippen molar-refractivity contribution in [2.75, 3.05) is 0 Å². The van der Waals surface area contributed by atoms with Gasteiger partial charge in [0.05, 0.1) is 6.26 Å². The van der Waals surface area contributed by atoms with Gasteiger partial charge in [-0.3, -0.25) is 9.79 Å². The molecule has 0 atom stereocenters. The smallest absolute Gasteiger partial charge is 0.413 e. The van der Waals surface area contributed by atoms with Gasteiger partial charge in [-0.1, -0.05) is 58.3 Å². The normalized spacial score (nSPS) is 12.2. The predicted octanol–water partition coefficient (Wildman–Crippen LogP) is 4.53. The van der Waals surface area contributed by atoms with Crippen LogP contribution < -0.4 is 0 Å². The number of allylic oxidation sites excluding steroid dienone is 1. The zero-order chi connectivity index (χ0) is 13.7. The summed E-state index contributed by atoms with van der Waals surface area (Å²) in [6.07, 6.45) is 15.0. The van der Waals surface area contributed by atoms with Crippen molar-refractivity contribution in [2.24, 2.45) is 0 Å². The van der Waals surface area contributed by atoms with E-state index >= 15 is 0 Å². The minimum atomic E-state index is -4.33. The van der Waals surface area contributed by atoms with Gasteiger partial charge in [0.2, 0.25) is 0 Å². The third kappa shape index (κ3) is 15.7. The molecule has 0 saturated heterocycles. The second kappa shape index (κ2) is 11.8. The summed E-state index contributed by atoms with van der Waals surface area (Å²) in [5.41, 5.74) is 0. The maximum Gasteiger partial charge on any atom is 0.524 e. The number of phosphoric ester groups is 1. The Kier molecular flexibility index (Phi) is 11.6. The van der Waals surface area contributed by atoms with Gasteiger partial charge in [-0.25, -0.2) is 4.57 Å². The first kappa shape index (κ1) is 17.7. The Morgan fingerprint density at radius 3 is 1.94 bits per heavy atom. The fourth-order valence-corrected chi connectivity index (χ4v) is 2.01. The van der Waals surface area contributed by atoms with Crippen LogP contribution in [0.4, 0.5) is 0 Å². The van der Waals surface area contributed by atoms with Crippen LogP contribution in [0.2, 0.25) is 0 Å². The van der Waals surface area contributed by atoms with E-state index in [1.807, 2.05) is 0 Å². The first-order valence-electron chi connectivity index (χ1n) is 6.95. The molecule has 0 aromatic rings. The lowest BCUT2D eigenvalue weighted by Gasteiger charge is -2.01. The molecule has 2 N–H and O–H groups in total. The van der Waals surface area contributed by atoms with E-state index < -0.39 is 7.82 Å². The molecule has 0 aromatic carbocycles. The monoisotopic (exact) mass is 278 g/mol. The van der Waals surface area contributed by atoms with Gasteiger partial charge in [-0.05, 0) is 18.9 Å². The van der Waals surface area contributed by atoms with Crippen LogP contribution in [0.3, 0.4) is 0 Å². The summed E-state index contributed by atoms with van der Waals surface area (Å²) >= 11 is 0. The van der Waals surface area contributed by atoms with E-state index in [0.29, 0.717) is 0 Å². The summed E-state index contributed by atoms with van der Waals surface area (Å²) in [4.78, 5) is 16.8. The molecule has 0 heterocycles. The molecule has 0 fully saturated rings. The molecular formula is C13H27O4P. The van der Waals surface area contributed by atoms with Crippen molar-refractivity contribution in [1.82, 2.24) is 0 Å². The highest BCUT2D eigenvalue weighted by atomic mass is 31.2. The van der Waals surface area contributed by atoms with Crippen molar-refractivity contribution in [2.45, 2.75) is 71.1 Å². The summed E-state index contributed by atoms with van der Waals surface area (Å²) in [7, 11) is -4.33. The summed E-state index contributed by atoms with van der Waals surface area (Å²) in [5, 5.41) is 0. The molecule has 0 aliphatic carbocycles. The average Bonchev–Trinajstić information content (AvgIpc) is 2.29. The van der Waals surface area contributed by atoms with Crippen LogP contribution in [0, 0.1) is 0 Å². The van der Waals surface area contributed by atoms with Gasteiger partial charge in [0.25, 0.3) is 0 Å². The average molecular weight is 278 g/mol. The maximum atomic E-state index is 10.3. The highest BCUT2D eigenvalue weighted by Gasteiger charge is 2.10. The van der Waals surface area contributed by atoms with Crippen molar-refractivity contribution in [3.8, 4) is 0 Å². The van der Waals surface area contributed by atoms with Crippen molar-refractivity contribution in [3.05, 3.63) is 12.3 Å². The van der Waals surface area contributed by atoms with Crippen LogP contribution in [0.5, 0.6) is 0 Å². The highest BCUT2D eigenvalue weighted by molar-refractivity contribution is 7.46. The van der Waals surface area contributed by atoms with Crippen LogP contribution in [-0.4, -0.2) is 9.79 Å². The van der Waals surface area contributed by atoms with Crippen molar-refractivity contribution in [3.63, 3.8) is 0 Å². The molecular weight excluding hydrogens is 251 g/mol. The molecule has 0 aliphatic heterocycles. The van der Waals surface area contributed by atoms with E-state index in [9.17, 15) is 4.57 Å². The summed E-state index contributed by atoms with van der Waals surface area (Å²) in [6, 6.07) is 0. The molecule has 0 unspecified atom stereocenters. The van der Waals surface area contributed by atoms with E-state index in [1.165, 1.54) is 51.4 Å². The minimum absolute atomic E-state index is 0.815.